The van der Waals surface area contributed by atoms with E-state index in [1.54, 1.807) is 6.07 Å². The van der Waals surface area contributed by atoms with E-state index in [-0.39, 0.29) is 64.3 Å². The molecule has 0 spiro atoms. The minimum absolute atomic E-state index is 0.00250. The number of oxime groups is 1. The number of piperidine rings is 1. The average Bonchev–Trinajstić information content (AvgIpc) is 3.76. The molecule has 0 bridgehead atoms. The number of carbonyl (C=O) groups excluding carboxylic acids is 2. The van der Waals surface area contributed by atoms with Crippen LogP contribution in [0.3, 0.4) is 0 Å². The van der Waals surface area contributed by atoms with E-state index in [1.807, 2.05) is 39.9 Å². The number of nitrogens with zero attached hydrogens (tertiary/aromatic N) is 7. The van der Waals surface area contributed by atoms with Gasteiger partial charge in [0.1, 0.15) is 30.0 Å². The second-order valence-corrected chi connectivity index (χ2v) is 15.1. The first-order chi connectivity index (χ1) is 25.5. The van der Waals surface area contributed by atoms with Gasteiger partial charge >= 0.3 is 5.97 Å². The quantitative estimate of drug-likeness (QED) is 0.0540. The summed E-state index contributed by atoms with van der Waals surface area (Å²) in [6.45, 7) is 1.97. The summed E-state index contributed by atoms with van der Waals surface area (Å²) in [5.41, 5.74) is 13.6. The fraction of sp³-hybridized carbons (Fsp3) is 0.353. The number of carboxylic acid groups (broad SMARTS) is 1. The van der Waals surface area contributed by atoms with Gasteiger partial charge in [-0.3, -0.25) is 19.5 Å². The fourth-order valence-corrected chi connectivity index (χ4v) is 8.89. The molecule has 276 valence electrons. The van der Waals surface area contributed by atoms with Gasteiger partial charge in [-0.1, -0.05) is 16.8 Å². The molecule has 7 rings (SSSR count). The fourth-order valence-electron chi connectivity index (χ4n) is 6.79. The van der Waals surface area contributed by atoms with E-state index in [0.717, 1.165) is 48.4 Å². The SMILES string of the molecule is CO/N=C(\C(=O)C[C@@H]1C(=O)N2C(C(=O)O)=C(C[n+]3ccc4ccn(Cc5c(F)cc(C(N)=NC6CCCNC6)cc5Cl)c4c3)CS[C@H]12)c1nsc(N)n1. The number of hydrogen-bond acceptors (Lipinski definition) is 12. The number of amides is 1. The number of carbonyl (C=O) groups is 3. The Morgan fingerprint density at radius 3 is 2.83 bits per heavy atom. The molecule has 1 aromatic carbocycles. The molecule has 6 N–H and O–H groups in total. The molecular formula is C34H35ClFN10O5S2+. The van der Waals surface area contributed by atoms with Crippen molar-refractivity contribution >= 4 is 80.1 Å². The highest BCUT2D eigenvalue weighted by Crippen LogP contribution is 2.45. The van der Waals surface area contributed by atoms with Gasteiger partial charge < -0.3 is 31.3 Å². The molecule has 3 aliphatic rings. The maximum Gasteiger partial charge on any atom is 0.352 e. The molecule has 53 heavy (non-hydrogen) atoms. The molecule has 1 amide bonds. The van der Waals surface area contributed by atoms with Crippen molar-refractivity contribution in [1.82, 2.24) is 24.1 Å². The van der Waals surface area contributed by atoms with Crippen LogP contribution in [-0.4, -0.2) is 90.5 Å². The molecule has 3 aromatic heterocycles. The van der Waals surface area contributed by atoms with E-state index >= 15 is 4.39 Å². The van der Waals surface area contributed by atoms with E-state index in [4.69, 9.17) is 27.9 Å². The standard InChI is InChI=1S/C34H34ClFN10O5S2/c1-51-42-27(30-41-34(38)53-43-30)26(47)11-21-31(48)46-28(33(49)50)19(16-52-32(21)46)13-44-7-4-17-5-8-45(25(17)15-44)14-22-23(35)9-18(10-24(22)36)29(37)40-20-3-2-6-39-12-20/h4-5,7-10,15,20-21,32,39H,2-3,6,11-14,16H2,1H3,(H4-,37,38,40,41,43,49,50)/p+1/b42-27+/t20?,21-,32-/m1/s1. The van der Waals surface area contributed by atoms with Crippen molar-refractivity contribution in [2.45, 2.75) is 43.8 Å². The van der Waals surface area contributed by atoms with Gasteiger partial charge in [-0.15, -0.1) is 11.8 Å². The maximum absolute atomic E-state index is 15.5. The average molecular weight is 782 g/mol. The van der Waals surface area contributed by atoms with Gasteiger partial charge in [-0.2, -0.15) is 13.9 Å². The van der Waals surface area contributed by atoms with Crippen LogP contribution in [-0.2, 0) is 32.3 Å². The number of Topliss-reactive ketones (excluding diaryl/α,β-unsaturated/α-hetero) is 1. The van der Waals surface area contributed by atoms with E-state index < -0.39 is 34.8 Å². The molecule has 15 nitrogen and oxygen atoms in total. The number of aliphatic imine (C=N–C) groups is 1. The number of nitrogens with two attached hydrogens (primary N) is 2. The van der Waals surface area contributed by atoms with Crippen molar-refractivity contribution in [3.8, 4) is 0 Å². The van der Waals surface area contributed by atoms with E-state index in [9.17, 15) is 19.5 Å². The first-order valence-electron chi connectivity index (χ1n) is 16.7. The van der Waals surface area contributed by atoms with Crippen LogP contribution in [0.1, 0.15) is 36.2 Å². The number of pyridine rings is 1. The highest BCUT2D eigenvalue weighted by molar-refractivity contribution is 8.00. The van der Waals surface area contributed by atoms with Crippen molar-refractivity contribution in [1.29, 1.82) is 0 Å². The molecule has 2 fully saturated rings. The topological polar surface area (TPSA) is 207 Å². The molecule has 3 atom stereocenters. The van der Waals surface area contributed by atoms with Crippen LogP contribution < -0.4 is 21.4 Å². The maximum atomic E-state index is 15.5. The molecule has 6 heterocycles. The Hall–Kier alpha value is -4.91. The number of aromatic nitrogens is 4. The van der Waals surface area contributed by atoms with Crippen molar-refractivity contribution in [2.24, 2.45) is 21.8 Å². The molecule has 4 aromatic rings. The molecule has 0 radical (unpaired) electrons. The van der Waals surface area contributed by atoms with Gasteiger partial charge in [0.2, 0.25) is 11.7 Å². The first kappa shape index (κ1) is 36.4. The van der Waals surface area contributed by atoms with Crippen LogP contribution in [0.25, 0.3) is 10.9 Å². The Labute approximate surface area is 315 Å². The molecular weight excluding hydrogens is 747 g/mol. The number of carboxylic acids is 1. The van der Waals surface area contributed by atoms with Crippen LogP contribution in [0.2, 0.25) is 5.02 Å². The number of nitrogen functional groups attached to an aromatic ring is 1. The number of ketones is 1. The van der Waals surface area contributed by atoms with Crippen molar-refractivity contribution in [2.75, 3.05) is 31.7 Å². The zero-order valence-corrected chi connectivity index (χ0v) is 30.8. The second kappa shape index (κ2) is 15.2. The number of aliphatic carboxylic acids is 1. The lowest BCUT2D eigenvalue weighted by Gasteiger charge is -2.49. The Kier molecular flexibility index (Phi) is 10.5. The lowest BCUT2D eigenvalue weighted by Crippen LogP contribution is -2.62. The Balaban J connectivity index is 1.08. The molecule has 0 saturated carbocycles. The Morgan fingerprint density at radius 2 is 2.13 bits per heavy atom. The number of β-lactam (4-membered cyclic amide) rings is 1. The molecule has 1 unspecified atom stereocenters. The number of anilines is 1. The Bertz CT molecular complexity index is 2190. The zero-order chi connectivity index (χ0) is 37.4. The molecule has 0 aliphatic carbocycles. The minimum atomic E-state index is -1.24. The molecule has 2 saturated heterocycles. The van der Waals surface area contributed by atoms with Crippen molar-refractivity contribution in [3.63, 3.8) is 0 Å². The number of nitrogens with one attached hydrogen (secondary N) is 1. The van der Waals surface area contributed by atoms with Crippen LogP contribution in [0.4, 0.5) is 9.52 Å². The molecule has 3 aliphatic heterocycles. The van der Waals surface area contributed by atoms with Crippen LogP contribution in [0.15, 0.2) is 64.3 Å². The van der Waals surface area contributed by atoms with Crippen LogP contribution >= 0.6 is 34.9 Å². The van der Waals surface area contributed by atoms with Gasteiger partial charge in [0.05, 0.1) is 23.9 Å². The summed E-state index contributed by atoms with van der Waals surface area (Å²) >= 11 is 8.89. The van der Waals surface area contributed by atoms with E-state index in [0.29, 0.717) is 16.9 Å². The minimum Gasteiger partial charge on any atom is -0.477 e. The Morgan fingerprint density at radius 1 is 1.30 bits per heavy atom. The summed E-state index contributed by atoms with van der Waals surface area (Å²) in [6, 6.07) is 6.79. The summed E-state index contributed by atoms with van der Waals surface area (Å²) in [5.74, 6) is -2.97. The van der Waals surface area contributed by atoms with Crippen LogP contribution in [0.5, 0.6) is 0 Å². The lowest BCUT2D eigenvalue weighted by molar-refractivity contribution is -0.687. The number of fused-ring (bicyclic) bond motifs is 2. The predicted octanol–water partition coefficient (Wildman–Crippen LogP) is 2.54. The number of rotatable bonds is 12. The monoisotopic (exact) mass is 781 g/mol. The zero-order valence-electron chi connectivity index (χ0n) is 28.4. The lowest BCUT2D eigenvalue weighted by atomic mass is 9.89. The van der Waals surface area contributed by atoms with E-state index in [1.165, 1.54) is 29.8 Å². The van der Waals surface area contributed by atoms with Crippen molar-refractivity contribution < 1.29 is 33.3 Å². The number of hydrogen-bond donors (Lipinski definition) is 4. The largest absolute Gasteiger partial charge is 0.477 e. The van der Waals surface area contributed by atoms with Gasteiger partial charge in [0.15, 0.2) is 35.6 Å². The number of thioether (sulfide) groups is 1. The van der Waals surface area contributed by atoms with E-state index in [2.05, 4.69) is 24.8 Å². The third kappa shape index (κ3) is 7.36. The summed E-state index contributed by atoms with van der Waals surface area (Å²) in [4.78, 5) is 53.8. The van der Waals surface area contributed by atoms with Crippen molar-refractivity contribution in [3.05, 3.63) is 81.9 Å². The van der Waals surface area contributed by atoms with Crippen LogP contribution in [0, 0.1) is 11.7 Å². The second-order valence-electron chi connectivity index (χ2n) is 12.8. The normalized spacial score (nSPS) is 20.8. The predicted molar refractivity (Wildman–Crippen MR) is 198 cm³/mol. The van der Waals surface area contributed by atoms with Gasteiger partial charge in [-0.05, 0) is 37.6 Å². The first-order valence-corrected chi connectivity index (χ1v) is 18.9. The number of halogens is 2. The third-order valence-corrected chi connectivity index (χ3v) is 11.6. The molecule has 19 heteroatoms. The highest BCUT2D eigenvalue weighted by atomic mass is 35.5. The number of amidine groups is 1. The summed E-state index contributed by atoms with van der Waals surface area (Å²) in [5, 5.41) is 18.0. The summed E-state index contributed by atoms with van der Waals surface area (Å²) in [6.07, 6.45) is 7.17. The van der Waals surface area contributed by atoms with Gasteiger partial charge in [-0.25, -0.2) is 9.18 Å². The summed E-state index contributed by atoms with van der Waals surface area (Å²) in [7, 11) is 1.27. The third-order valence-electron chi connectivity index (χ3n) is 9.37. The van der Waals surface area contributed by atoms with Gasteiger partial charge in [0, 0.05) is 69.6 Å². The summed E-state index contributed by atoms with van der Waals surface area (Å²) < 4.78 is 23.2. The smallest absolute Gasteiger partial charge is 0.352 e. The van der Waals surface area contributed by atoms with Gasteiger partial charge in [0.25, 0.3) is 0 Å². The highest BCUT2D eigenvalue weighted by Gasteiger charge is 2.54. The number of benzene rings is 1.